The predicted octanol–water partition coefficient (Wildman–Crippen LogP) is 2.59. The Morgan fingerprint density at radius 3 is 2.88 bits per heavy atom. The number of nitrogens with one attached hydrogen (secondary N) is 1. The van der Waals surface area contributed by atoms with E-state index in [0.29, 0.717) is 6.04 Å². The van der Waals surface area contributed by atoms with Crippen molar-refractivity contribution in [3.05, 3.63) is 42.7 Å². The Labute approximate surface area is 104 Å². The second kappa shape index (κ2) is 8.90. The van der Waals surface area contributed by atoms with Crippen molar-refractivity contribution in [1.29, 1.82) is 0 Å². The molecule has 1 heterocycles. The fraction of sp³-hybridized carbons (Fsp3) is 0.500. The normalized spacial score (nSPS) is 12.3. The second-order valence-corrected chi connectivity index (χ2v) is 4.32. The molecule has 0 amide bonds. The minimum atomic E-state index is 0.327. The third-order valence-electron chi connectivity index (χ3n) is 2.88. The van der Waals surface area contributed by atoms with Crippen molar-refractivity contribution in [3.8, 4) is 0 Å². The summed E-state index contributed by atoms with van der Waals surface area (Å²) in [5.74, 6) is 5.57. The number of allylic oxidation sites excluding steroid dienone is 1. The molecule has 3 nitrogen and oxygen atoms in total. The first-order valence-electron chi connectivity index (χ1n) is 6.33. The highest BCUT2D eigenvalue weighted by atomic mass is 15.2. The van der Waals surface area contributed by atoms with E-state index in [2.05, 4.69) is 17.0 Å². The molecule has 0 saturated heterocycles. The van der Waals surface area contributed by atoms with Crippen LogP contribution in [0.5, 0.6) is 0 Å². The van der Waals surface area contributed by atoms with Crippen LogP contribution in [-0.4, -0.2) is 11.0 Å². The minimum Gasteiger partial charge on any atom is -0.271 e. The van der Waals surface area contributed by atoms with Crippen LogP contribution in [0.4, 0.5) is 0 Å². The summed E-state index contributed by atoms with van der Waals surface area (Å²) in [6.45, 7) is 3.72. The molecule has 1 aromatic heterocycles. The molecule has 0 radical (unpaired) electrons. The molecular weight excluding hydrogens is 210 g/mol. The van der Waals surface area contributed by atoms with E-state index in [1.54, 1.807) is 0 Å². The van der Waals surface area contributed by atoms with Gasteiger partial charge in [-0.15, -0.1) is 6.58 Å². The highest BCUT2D eigenvalue weighted by molar-refractivity contribution is 5.05. The Hall–Kier alpha value is -1.19. The molecule has 1 unspecified atom stereocenters. The van der Waals surface area contributed by atoms with Crippen LogP contribution in [0.3, 0.4) is 0 Å². The zero-order chi connectivity index (χ0) is 12.3. The number of unbranched alkanes of at least 4 members (excludes halogenated alkanes) is 3. The number of hydrazine groups is 1. The molecule has 0 aliphatic rings. The number of aromatic nitrogens is 1. The van der Waals surface area contributed by atoms with Gasteiger partial charge in [0.2, 0.25) is 0 Å². The fourth-order valence-corrected chi connectivity index (χ4v) is 1.87. The van der Waals surface area contributed by atoms with Crippen molar-refractivity contribution >= 4 is 0 Å². The van der Waals surface area contributed by atoms with Crippen LogP contribution >= 0.6 is 0 Å². The number of rotatable bonds is 9. The molecule has 3 heteroatoms. The van der Waals surface area contributed by atoms with Gasteiger partial charge >= 0.3 is 0 Å². The van der Waals surface area contributed by atoms with E-state index in [1.807, 2.05) is 30.5 Å². The summed E-state index contributed by atoms with van der Waals surface area (Å²) in [6, 6.07) is 6.32. The standard InChI is InChI=1S/C14H23N3/c1-2-3-4-5-6-10-14(17-15)12-13-9-7-8-11-16-13/h2,7-9,11,14,17H,1,3-6,10,12,15H2. The lowest BCUT2D eigenvalue weighted by atomic mass is 10.0. The van der Waals surface area contributed by atoms with Crippen LogP contribution in [0.1, 0.15) is 37.8 Å². The van der Waals surface area contributed by atoms with Crippen LogP contribution in [0.15, 0.2) is 37.1 Å². The third-order valence-corrected chi connectivity index (χ3v) is 2.88. The monoisotopic (exact) mass is 233 g/mol. The van der Waals surface area contributed by atoms with E-state index in [4.69, 9.17) is 5.84 Å². The highest BCUT2D eigenvalue weighted by Gasteiger charge is 2.07. The average molecular weight is 233 g/mol. The van der Waals surface area contributed by atoms with Gasteiger partial charge in [-0.2, -0.15) is 0 Å². The van der Waals surface area contributed by atoms with Gasteiger partial charge < -0.3 is 0 Å². The van der Waals surface area contributed by atoms with Crippen molar-refractivity contribution in [1.82, 2.24) is 10.4 Å². The Bertz CT molecular complexity index is 298. The quantitative estimate of drug-likeness (QED) is 0.298. The van der Waals surface area contributed by atoms with Crippen molar-refractivity contribution in [3.63, 3.8) is 0 Å². The van der Waals surface area contributed by atoms with Crippen molar-refractivity contribution < 1.29 is 0 Å². The SMILES string of the molecule is C=CCCCCCC(Cc1ccccn1)NN. The molecule has 3 N–H and O–H groups in total. The van der Waals surface area contributed by atoms with E-state index in [0.717, 1.165) is 25.0 Å². The summed E-state index contributed by atoms with van der Waals surface area (Å²) < 4.78 is 0. The molecule has 17 heavy (non-hydrogen) atoms. The molecular formula is C14H23N3. The van der Waals surface area contributed by atoms with Crippen LogP contribution in [-0.2, 0) is 6.42 Å². The van der Waals surface area contributed by atoms with E-state index < -0.39 is 0 Å². The van der Waals surface area contributed by atoms with E-state index in [-0.39, 0.29) is 0 Å². The highest BCUT2D eigenvalue weighted by Crippen LogP contribution is 2.09. The molecule has 94 valence electrons. The number of hydrogen-bond donors (Lipinski definition) is 2. The molecule has 0 aromatic carbocycles. The molecule has 0 aliphatic heterocycles. The van der Waals surface area contributed by atoms with Gasteiger partial charge in [-0.3, -0.25) is 16.3 Å². The van der Waals surface area contributed by atoms with Crippen LogP contribution in [0, 0.1) is 0 Å². The minimum absolute atomic E-state index is 0.327. The summed E-state index contributed by atoms with van der Waals surface area (Å²) in [7, 11) is 0. The molecule has 1 aromatic rings. The van der Waals surface area contributed by atoms with E-state index >= 15 is 0 Å². The zero-order valence-electron chi connectivity index (χ0n) is 10.4. The molecule has 1 rings (SSSR count). The topological polar surface area (TPSA) is 50.9 Å². The largest absolute Gasteiger partial charge is 0.271 e. The van der Waals surface area contributed by atoms with Gasteiger partial charge in [0.25, 0.3) is 0 Å². The summed E-state index contributed by atoms with van der Waals surface area (Å²) in [5.41, 5.74) is 3.98. The van der Waals surface area contributed by atoms with Gasteiger partial charge in [-0.25, -0.2) is 0 Å². The molecule has 0 aliphatic carbocycles. The van der Waals surface area contributed by atoms with Gasteiger partial charge in [-0.1, -0.05) is 25.0 Å². The summed E-state index contributed by atoms with van der Waals surface area (Å²) in [4.78, 5) is 4.32. The maximum Gasteiger partial charge on any atom is 0.0419 e. The Kier molecular flexibility index (Phi) is 7.27. The van der Waals surface area contributed by atoms with Crippen LogP contribution in [0.2, 0.25) is 0 Å². The van der Waals surface area contributed by atoms with Crippen LogP contribution < -0.4 is 11.3 Å². The van der Waals surface area contributed by atoms with Crippen LogP contribution in [0.25, 0.3) is 0 Å². The predicted molar refractivity (Wildman–Crippen MR) is 72.3 cm³/mol. The molecule has 1 atom stereocenters. The number of nitrogens with zero attached hydrogens (tertiary/aromatic N) is 1. The molecule has 0 bridgehead atoms. The third kappa shape index (κ3) is 6.19. The molecule has 0 saturated carbocycles. The Morgan fingerprint density at radius 1 is 1.35 bits per heavy atom. The van der Waals surface area contributed by atoms with Gasteiger partial charge in [-0.05, 0) is 31.4 Å². The second-order valence-electron chi connectivity index (χ2n) is 4.32. The maximum absolute atomic E-state index is 5.57. The summed E-state index contributed by atoms with van der Waals surface area (Å²) in [6.07, 6.45) is 10.6. The van der Waals surface area contributed by atoms with Gasteiger partial charge in [0.15, 0.2) is 0 Å². The first kappa shape index (κ1) is 13.9. The lowest BCUT2D eigenvalue weighted by Gasteiger charge is -2.15. The maximum atomic E-state index is 5.57. The number of pyridine rings is 1. The molecule has 0 spiro atoms. The van der Waals surface area contributed by atoms with Crippen molar-refractivity contribution in [2.24, 2.45) is 5.84 Å². The number of nitrogens with two attached hydrogens (primary N) is 1. The number of hydrogen-bond acceptors (Lipinski definition) is 3. The first-order chi connectivity index (χ1) is 8.36. The fourth-order valence-electron chi connectivity index (χ4n) is 1.87. The first-order valence-corrected chi connectivity index (χ1v) is 6.33. The van der Waals surface area contributed by atoms with Gasteiger partial charge in [0.1, 0.15) is 0 Å². The Morgan fingerprint density at radius 2 is 2.24 bits per heavy atom. The average Bonchev–Trinajstić information content (AvgIpc) is 2.38. The summed E-state index contributed by atoms with van der Waals surface area (Å²) in [5, 5.41) is 0. The van der Waals surface area contributed by atoms with Crippen molar-refractivity contribution in [2.75, 3.05) is 0 Å². The smallest absolute Gasteiger partial charge is 0.0419 e. The van der Waals surface area contributed by atoms with Gasteiger partial charge in [0.05, 0.1) is 0 Å². The Balaban J connectivity index is 2.22. The van der Waals surface area contributed by atoms with E-state index in [1.165, 1.54) is 19.3 Å². The lowest BCUT2D eigenvalue weighted by Crippen LogP contribution is -2.36. The lowest BCUT2D eigenvalue weighted by molar-refractivity contribution is 0.461. The summed E-state index contributed by atoms with van der Waals surface area (Å²) >= 11 is 0. The van der Waals surface area contributed by atoms with Crippen molar-refractivity contribution in [2.45, 2.75) is 44.6 Å². The van der Waals surface area contributed by atoms with Gasteiger partial charge in [0, 0.05) is 24.4 Å². The molecule has 0 fully saturated rings. The van der Waals surface area contributed by atoms with E-state index in [9.17, 15) is 0 Å². The zero-order valence-corrected chi connectivity index (χ0v) is 10.4.